The summed E-state index contributed by atoms with van der Waals surface area (Å²) in [5, 5.41) is 0. The first-order chi connectivity index (χ1) is 7.07. The van der Waals surface area contributed by atoms with E-state index in [4.69, 9.17) is 9.47 Å². The van der Waals surface area contributed by atoms with Gasteiger partial charge in [-0.25, -0.2) is 0 Å². The molecule has 0 radical (unpaired) electrons. The SMILES string of the molecule is CC1(C)CCC(OC2COCC2I)CC1. The summed E-state index contributed by atoms with van der Waals surface area (Å²) in [6.07, 6.45) is 5.90. The molecule has 2 fully saturated rings. The van der Waals surface area contributed by atoms with Gasteiger partial charge in [-0.2, -0.15) is 0 Å². The molecule has 2 unspecified atom stereocenters. The maximum absolute atomic E-state index is 6.13. The van der Waals surface area contributed by atoms with Crippen LogP contribution in [0.2, 0.25) is 0 Å². The fraction of sp³-hybridized carbons (Fsp3) is 1.00. The Labute approximate surface area is 106 Å². The molecular weight excluding hydrogens is 303 g/mol. The van der Waals surface area contributed by atoms with E-state index in [2.05, 4.69) is 36.4 Å². The summed E-state index contributed by atoms with van der Waals surface area (Å²) in [5.41, 5.74) is 0.537. The van der Waals surface area contributed by atoms with Gasteiger partial charge in [-0.05, 0) is 31.1 Å². The normalized spacial score (nSPS) is 37.0. The molecule has 1 saturated carbocycles. The minimum atomic E-state index is 0.344. The molecule has 2 atom stereocenters. The fourth-order valence-electron chi connectivity index (χ4n) is 2.39. The van der Waals surface area contributed by atoms with Gasteiger partial charge in [0.2, 0.25) is 0 Å². The van der Waals surface area contributed by atoms with Crippen molar-refractivity contribution in [3.63, 3.8) is 0 Å². The second-order valence-electron chi connectivity index (χ2n) is 5.59. The Morgan fingerprint density at radius 3 is 2.40 bits per heavy atom. The summed E-state index contributed by atoms with van der Waals surface area (Å²) in [6, 6.07) is 0. The number of hydrogen-bond acceptors (Lipinski definition) is 2. The van der Waals surface area contributed by atoms with E-state index in [9.17, 15) is 0 Å². The van der Waals surface area contributed by atoms with Crippen LogP contribution >= 0.6 is 22.6 Å². The maximum atomic E-state index is 6.13. The molecule has 1 aliphatic heterocycles. The van der Waals surface area contributed by atoms with Gasteiger partial charge in [-0.15, -0.1) is 0 Å². The Morgan fingerprint density at radius 2 is 1.87 bits per heavy atom. The van der Waals surface area contributed by atoms with Crippen LogP contribution in [-0.2, 0) is 9.47 Å². The zero-order valence-corrected chi connectivity index (χ0v) is 11.8. The number of alkyl halides is 1. The topological polar surface area (TPSA) is 18.5 Å². The van der Waals surface area contributed by atoms with E-state index in [1.165, 1.54) is 25.7 Å². The van der Waals surface area contributed by atoms with Crippen molar-refractivity contribution < 1.29 is 9.47 Å². The van der Waals surface area contributed by atoms with Crippen LogP contribution in [0.15, 0.2) is 0 Å². The monoisotopic (exact) mass is 324 g/mol. The summed E-state index contributed by atoms with van der Waals surface area (Å²) in [7, 11) is 0. The lowest BCUT2D eigenvalue weighted by Gasteiger charge is -2.35. The molecule has 0 aromatic carbocycles. The Balaban J connectivity index is 1.77. The van der Waals surface area contributed by atoms with E-state index in [0.29, 0.717) is 21.5 Å². The largest absolute Gasteiger partial charge is 0.378 e. The van der Waals surface area contributed by atoms with Crippen molar-refractivity contribution in [2.45, 2.75) is 55.7 Å². The van der Waals surface area contributed by atoms with Crippen molar-refractivity contribution in [3.8, 4) is 0 Å². The Kier molecular flexibility index (Phi) is 3.94. The summed E-state index contributed by atoms with van der Waals surface area (Å²) in [4.78, 5) is 0. The van der Waals surface area contributed by atoms with Gasteiger partial charge >= 0.3 is 0 Å². The van der Waals surface area contributed by atoms with Crippen molar-refractivity contribution in [3.05, 3.63) is 0 Å². The molecule has 0 spiro atoms. The molecule has 88 valence electrons. The first kappa shape index (κ1) is 12.1. The minimum Gasteiger partial charge on any atom is -0.378 e. The van der Waals surface area contributed by atoms with E-state index in [1.807, 2.05) is 0 Å². The molecule has 1 saturated heterocycles. The summed E-state index contributed by atoms with van der Waals surface area (Å²) >= 11 is 2.45. The number of halogens is 1. The van der Waals surface area contributed by atoms with Crippen molar-refractivity contribution in [2.24, 2.45) is 5.41 Å². The van der Waals surface area contributed by atoms with Gasteiger partial charge < -0.3 is 9.47 Å². The molecule has 0 amide bonds. The van der Waals surface area contributed by atoms with Gasteiger partial charge in [0.1, 0.15) is 0 Å². The third-order valence-corrected chi connectivity index (χ3v) is 4.78. The fourth-order valence-corrected chi connectivity index (χ4v) is 3.02. The van der Waals surface area contributed by atoms with Gasteiger partial charge in [0.25, 0.3) is 0 Å². The predicted molar refractivity (Wildman–Crippen MR) is 69.5 cm³/mol. The Bertz CT molecular complexity index is 208. The van der Waals surface area contributed by atoms with Gasteiger partial charge in [-0.3, -0.25) is 0 Å². The second-order valence-corrected chi connectivity index (χ2v) is 7.19. The summed E-state index contributed by atoms with van der Waals surface area (Å²) in [6.45, 7) is 6.39. The molecule has 2 aliphatic rings. The van der Waals surface area contributed by atoms with Crippen LogP contribution in [0.5, 0.6) is 0 Å². The zero-order chi connectivity index (χ0) is 10.9. The van der Waals surface area contributed by atoms with Crippen LogP contribution < -0.4 is 0 Å². The summed E-state index contributed by atoms with van der Waals surface area (Å²) in [5.74, 6) is 0. The van der Waals surface area contributed by atoms with Crippen LogP contribution in [0, 0.1) is 5.41 Å². The first-order valence-electron chi connectivity index (χ1n) is 5.94. The van der Waals surface area contributed by atoms with E-state index in [0.717, 1.165) is 13.2 Å². The van der Waals surface area contributed by atoms with Gasteiger partial charge in [0, 0.05) is 0 Å². The second kappa shape index (κ2) is 4.88. The van der Waals surface area contributed by atoms with Crippen LogP contribution in [0.1, 0.15) is 39.5 Å². The molecule has 1 heterocycles. The third kappa shape index (κ3) is 3.30. The average molecular weight is 324 g/mol. The molecule has 0 aromatic rings. The van der Waals surface area contributed by atoms with Crippen LogP contribution in [0.3, 0.4) is 0 Å². The van der Waals surface area contributed by atoms with E-state index in [1.54, 1.807) is 0 Å². The molecule has 2 rings (SSSR count). The minimum absolute atomic E-state index is 0.344. The van der Waals surface area contributed by atoms with E-state index in [-0.39, 0.29) is 0 Å². The first-order valence-corrected chi connectivity index (χ1v) is 7.19. The van der Waals surface area contributed by atoms with E-state index >= 15 is 0 Å². The van der Waals surface area contributed by atoms with Crippen molar-refractivity contribution in [2.75, 3.05) is 13.2 Å². The molecule has 0 bridgehead atoms. The van der Waals surface area contributed by atoms with E-state index < -0.39 is 0 Å². The number of ether oxygens (including phenoxy) is 2. The van der Waals surface area contributed by atoms with Crippen molar-refractivity contribution in [1.29, 1.82) is 0 Å². The van der Waals surface area contributed by atoms with Crippen LogP contribution in [0.25, 0.3) is 0 Å². The summed E-state index contributed by atoms with van der Waals surface area (Å²) < 4.78 is 12.1. The standard InChI is InChI=1S/C12H21IO2/c1-12(2)5-3-9(4-6-12)15-11-8-14-7-10(11)13/h9-11H,3-8H2,1-2H3. The molecular formula is C12H21IO2. The molecule has 0 aromatic heterocycles. The predicted octanol–water partition coefficient (Wildman–Crippen LogP) is 3.17. The van der Waals surface area contributed by atoms with Gasteiger partial charge in [0.05, 0.1) is 29.3 Å². The lowest BCUT2D eigenvalue weighted by atomic mass is 9.76. The average Bonchev–Trinajstić information content (AvgIpc) is 2.56. The lowest BCUT2D eigenvalue weighted by Crippen LogP contribution is -2.33. The maximum Gasteiger partial charge on any atom is 0.0951 e. The molecule has 3 heteroatoms. The van der Waals surface area contributed by atoms with Crippen LogP contribution in [0.4, 0.5) is 0 Å². The Morgan fingerprint density at radius 1 is 1.20 bits per heavy atom. The quantitative estimate of drug-likeness (QED) is 0.574. The van der Waals surface area contributed by atoms with Crippen molar-refractivity contribution >= 4 is 22.6 Å². The lowest BCUT2D eigenvalue weighted by molar-refractivity contribution is -0.0441. The molecule has 1 aliphatic carbocycles. The highest BCUT2D eigenvalue weighted by Gasteiger charge is 2.32. The highest BCUT2D eigenvalue weighted by atomic mass is 127. The molecule has 0 N–H and O–H groups in total. The highest BCUT2D eigenvalue weighted by Crippen LogP contribution is 2.37. The number of rotatable bonds is 2. The van der Waals surface area contributed by atoms with Gasteiger partial charge in [0.15, 0.2) is 0 Å². The third-order valence-electron chi connectivity index (χ3n) is 3.62. The molecule has 15 heavy (non-hydrogen) atoms. The number of hydrogen-bond donors (Lipinski definition) is 0. The van der Waals surface area contributed by atoms with Gasteiger partial charge in [-0.1, -0.05) is 36.4 Å². The van der Waals surface area contributed by atoms with Crippen molar-refractivity contribution in [1.82, 2.24) is 0 Å². The smallest absolute Gasteiger partial charge is 0.0951 e. The Hall–Kier alpha value is 0.650. The van der Waals surface area contributed by atoms with Crippen LogP contribution in [-0.4, -0.2) is 29.3 Å². The highest BCUT2D eigenvalue weighted by molar-refractivity contribution is 14.1. The molecule has 2 nitrogen and oxygen atoms in total. The zero-order valence-electron chi connectivity index (χ0n) is 9.67.